The Morgan fingerprint density at radius 3 is 1.82 bits per heavy atom. The Morgan fingerprint density at radius 1 is 1.00 bits per heavy atom. The molecule has 0 atom stereocenters. The average molecular weight is 254 g/mol. The SMILES string of the molecule is CCC[Si](CC)(C1=CC=CC1)C1=CC=CC1.[NaH]. The summed E-state index contributed by atoms with van der Waals surface area (Å²) in [7, 11) is -1.31. The molecule has 0 N–H and O–H groups in total. The third kappa shape index (κ3) is 2.95. The maximum absolute atomic E-state index is 2.41. The fraction of sp³-hybridized carbons (Fsp3) is 0.467. The number of allylic oxidation sites excluding steroid dienone is 8. The molecule has 0 unspecified atom stereocenters. The zero-order valence-electron chi connectivity index (χ0n) is 10.5. The summed E-state index contributed by atoms with van der Waals surface area (Å²) in [6, 6.07) is 2.81. The third-order valence-corrected chi connectivity index (χ3v) is 9.81. The van der Waals surface area contributed by atoms with Crippen molar-refractivity contribution in [2.45, 2.75) is 45.2 Å². The molecule has 0 saturated heterocycles. The van der Waals surface area contributed by atoms with E-state index in [0.717, 1.165) is 0 Å². The topological polar surface area (TPSA) is 0 Å². The molecule has 0 spiro atoms. The summed E-state index contributed by atoms with van der Waals surface area (Å²) in [4.78, 5) is 0. The van der Waals surface area contributed by atoms with Crippen LogP contribution in [0.3, 0.4) is 0 Å². The molecule has 2 rings (SSSR count). The second-order valence-electron chi connectivity index (χ2n) is 4.83. The van der Waals surface area contributed by atoms with Gasteiger partial charge < -0.3 is 0 Å². The Morgan fingerprint density at radius 2 is 1.53 bits per heavy atom. The molecule has 17 heavy (non-hydrogen) atoms. The van der Waals surface area contributed by atoms with E-state index in [4.69, 9.17) is 0 Å². The molecule has 0 amide bonds. The van der Waals surface area contributed by atoms with Gasteiger partial charge in [0.25, 0.3) is 0 Å². The Labute approximate surface area is 129 Å². The molecule has 0 nitrogen and oxygen atoms in total. The first-order valence-electron chi connectivity index (χ1n) is 6.56. The molecule has 0 aromatic carbocycles. The predicted octanol–water partition coefficient (Wildman–Crippen LogP) is 4.07. The van der Waals surface area contributed by atoms with Crippen LogP contribution < -0.4 is 0 Å². The van der Waals surface area contributed by atoms with E-state index in [1.807, 2.05) is 0 Å². The molecule has 0 bridgehead atoms. The van der Waals surface area contributed by atoms with Gasteiger partial charge in [-0.3, -0.25) is 0 Å². The molecule has 88 valence electrons. The van der Waals surface area contributed by atoms with E-state index in [1.54, 1.807) is 10.4 Å². The van der Waals surface area contributed by atoms with E-state index in [1.165, 1.54) is 31.4 Å². The van der Waals surface area contributed by atoms with Crippen LogP contribution in [0.15, 0.2) is 46.8 Å². The maximum atomic E-state index is 2.41. The van der Waals surface area contributed by atoms with E-state index in [-0.39, 0.29) is 29.6 Å². The van der Waals surface area contributed by atoms with Crippen molar-refractivity contribution < 1.29 is 0 Å². The number of rotatable bonds is 5. The van der Waals surface area contributed by atoms with Gasteiger partial charge in [0.15, 0.2) is 0 Å². The van der Waals surface area contributed by atoms with Crippen molar-refractivity contribution in [3.8, 4) is 0 Å². The quantitative estimate of drug-likeness (QED) is 0.649. The fourth-order valence-corrected chi connectivity index (χ4v) is 8.21. The Kier molecular flexibility index (Phi) is 6.22. The van der Waals surface area contributed by atoms with Crippen molar-refractivity contribution in [1.29, 1.82) is 0 Å². The van der Waals surface area contributed by atoms with Gasteiger partial charge in [-0.05, 0) is 12.8 Å². The Hall–Kier alpha value is 0.177. The number of hydrogen-bond acceptors (Lipinski definition) is 0. The van der Waals surface area contributed by atoms with E-state index < -0.39 is 8.07 Å². The van der Waals surface area contributed by atoms with E-state index in [0.29, 0.717) is 0 Å². The van der Waals surface area contributed by atoms with E-state index in [9.17, 15) is 0 Å². The van der Waals surface area contributed by atoms with Crippen LogP contribution in [0.25, 0.3) is 0 Å². The molecule has 2 heteroatoms. The molecule has 0 radical (unpaired) electrons. The van der Waals surface area contributed by atoms with Crippen molar-refractivity contribution in [2.24, 2.45) is 0 Å². The first-order chi connectivity index (χ1) is 7.83. The summed E-state index contributed by atoms with van der Waals surface area (Å²) in [5, 5.41) is 3.54. The summed E-state index contributed by atoms with van der Waals surface area (Å²) in [6.07, 6.45) is 17.7. The summed E-state index contributed by atoms with van der Waals surface area (Å²) in [5.41, 5.74) is 0. The summed E-state index contributed by atoms with van der Waals surface area (Å²) in [6.45, 7) is 4.74. The van der Waals surface area contributed by atoms with Crippen LogP contribution >= 0.6 is 0 Å². The third-order valence-electron chi connectivity index (χ3n) is 4.05. The normalized spacial score (nSPS) is 18.0. The van der Waals surface area contributed by atoms with Crippen LogP contribution in [0, 0.1) is 0 Å². The Bertz CT molecular complexity index is 344. The molecule has 0 fully saturated rings. The second-order valence-corrected chi connectivity index (χ2v) is 9.49. The molecule has 2 aliphatic rings. The zero-order valence-corrected chi connectivity index (χ0v) is 11.5. The van der Waals surface area contributed by atoms with Gasteiger partial charge in [0.05, 0.1) is 0 Å². The standard InChI is InChI=1S/C15H22Si.Na.H/c1-3-13-16(4-2,14-9-5-6-10-14)15-11-7-8-12-15;;/h5-9,11H,3-4,10,12-13H2,1-2H3;;. The van der Waals surface area contributed by atoms with Crippen molar-refractivity contribution in [1.82, 2.24) is 0 Å². The zero-order chi connectivity index (χ0) is 11.4. The van der Waals surface area contributed by atoms with Crippen LogP contribution in [-0.2, 0) is 0 Å². The monoisotopic (exact) mass is 254 g/mol. The van der Waals surface area contributed by atoms with Crippen LogP contribution in [0.1, 0.15) is 33.1 Å². The van der Waals surface area contributed by atoms with Crippen molar-refractivity contribution >= 4 is 37.6 Å². The van der Waals surface area contributed by atoms with Gasteiger partial charge in [-0.2, -0.15) is 0 Å². The molecule has 2 aliphatic carbocycles. The predicted molar refractivity (Wildman–Crippen MR) is 82.2 cm³/mol. The minimum absolute atomic E-state index is 0. The first-order valence-corrected chi connectivity index (χ1v) is 8.97. The summed E-state index contributed by atoms with van der Waals surface area (Å²) >= 11 is 0. The average Bonchev–Trinajstić information content (AvgIpc) is 2.98. The van der Waals surface area contributed by atoms with Crippen molar-refractivity contribution in [3.05, 3.63) is 46.8 Å². The fourth-order valence-electron chi connectivity index (χ4n) is 3.19. The molecule has 0 heterocycles. The van der Waals surface area contributed by atoms with Crippen LogP contribution in [0.5, 0.6) is 0 Å². The van der Waals surface area contributed by atoms with Gasteiger partial charge in [0.2, 0.25) is 0 Å². The second kappa shape index (κ2) is 6.94. The van der Waals surface area contributed by atoms with Crippen molar-refractivity contribution in [3.63, 3.8) is 0 Å². The molecular weight excluding hydrogens is 231 g/mol. The summed E-state index contributed by atoms with van der Waals surface area (Å²) < 4.78 is 0. The van der Waals surface area contributed by atoms with Crippen LogP contribution in [0.4, 0.5) is 0 Å². The summed E-state index contributed by atoms with van der Waals surface area (Å²) in [5.74, 6) is 0. The van der Waals surface area contributed by atoms with E-state index in [2.05, 4.69) is 50.3 Å². The van der Waals surface area contributed by atoms with Gasteiger partial charge >= 0.3 is 29.6 Å². The van der Waals surface area contributed by atoms with Gasteiger partial charge in [-0.15, -0.1) is 0 Å². The molecular formula is C15H23NaSi. The first kappa shape index (κ1) is 15.2. The molecule has 0 aliphatic heterocycles. The molecule has 0 saturated carbocycles. The minimum atomic E-state index is -1.31. The van der Waals surface area contributed by atoms with E-state index >= 15 is 0 Å². The van der Waals surface area contributed by atoms with Gasteiger partial charge in [-0.1, -0.05) is 79.2 Å². The molecule has 0 aromatic rings. The van der Waals surface area contributed by atoms with Crippen LogP contribution in [-0.4, -0.2) is 37.6 Å². The van der Waals surface area contributed by atoms with Crippen LogP contribution in [0.2, 0.25) is 12.1 Å². The van der Waals surface area contributed by atoms with Gasteiger partial charge in [-0.25, -0.2) is 0 Å². The van der Waals surface area contributed by atoms with Crippen molar-refractivity contribution in [2.75, 3.05) is 0 Å². The molecule has 0 aromatic heterocycles. The van der Waals surface area contributed by atoms with Gasteiger partial charge in [0.1, 0.15) is 8.07 Å². The number of hydrogen-bond donors (Lipinski definition) is 0. The Balaban J connectivity index is 0.00000144. The van der Waals surface area contributed by atoms with Gasteiger partial charge in [0, 0.05) is 0 Å².